The second kappa shape index (κ2) is 9.81. The molecule has 0 aliphatic rings. The van der Waals surface area contributed by atoms with Gasteiger partial charge in [-0.2, -0.15) is 0 Å². The van der Waals surface area contributed by atoms with Crippen LogP contribution in [-0.4, -0.2) is 31.6 Å². The minimum atomic E-state index is -0.450. The van der Waals surface area contributed by atoms with E-state index >= 15 is 0 Å². The Labute approximate surface area is 152 Å². The number of carbonyl (C=O) groups is 2. The molecule has 2 rings (SSSR count). The molecular weight excluding hydrogens is 340 g/mol. The van der Waals surface area contributed by atoms with E-state index in [1.807, 2.05) is 24.3 Å². The van der Waals surface area contributed by atoms with Gasteiger partial charge in [0.05, 0.1) is 24.4 Å². The van der Waals surface area contributed by atoms with Crippen molar-refractivity contribution >= 4 is 29.2 Å². The summed E-state index contributed by atoms with van der Waals surface area (Å²) in [5.41, 5.74) is 1.94. The Hall–Kier alpha value is -2.37. The Kier molecular flexibility index (Phi) is 7.44. The number of ether oxygens (including phenoxy) is 1. The Morgan fingerprint density at radius 3 is 2.52 bits per heavy atom. The van der Waals surface area contributed by atoms with Crippen molar-refractivity contribution in [1.29, 1.82) is 0 Å². The van der Waals surface area contributed by atoms with Crippen molar-refractivity contribution in [3.63, 3.8) is 0 Å². The van der Waals surface area contributed by atoms with E-state index in [-0.39, 0.29) is 19.1 Å². The maximum Gasteiger partial charge on any atom is 0.340 e. The van der Waals surface area contributed by atoms with Crippen molar-refractivity contribution in [3.05, 3.63) is 64.7 Å². The number of esters is 1. The predicted molar refractivity (Wildman–Crippen MR) is 99.1 cm³/mol. The molecule has 0 unspecified atom stereocenters. The number of hydrogen-bond acceptors (Lipinski definition) is 4. The fourth-order valence-corrected chi connectivity index (χ4v) is 2.39. The smallest absolute Gasteiger partial charge is 0.340 e. The van der Waals surface area contributed by atoms with Crippen LogP contribution in [0.2, 0.25) is 5.02 Å². The Bertz CT molecular complexity index is 717. The third-order valence-corrected chi connectivity index (χ3v) is 3.74. The molecular formula is C19H21ClN2O3. The summed E-state index contributed by atoms with van der Waals surface area (Å²) in [5.74, 6) is -0.665. The van der Waals surface area contributed by atoms with E-state index in [2.05, 4.69) is 10.6 Å². The van der Waals surface area contributed by atoms with Gasteiger partial charge in [0.1, 0.15) is 0 Å². The summed E-state index contributed by atoms with van der Waals surface area (Å²) in [6, 6.07) is 14.4. The van der Waals surface area contributed by atoms with E-state index in [1.165, 1.54) is 0 Å². The minimum absolute atomic E-state index is 0.157. The molecule has 2 N–H and O–H groups in total. The van der Waals surface area contributed by atoms with Crippen LogP contribution in [0.3, 0.4) is 0 Å². The van der Waals surface area contributed by atoms with Crippen molar-refractivity contribution in [2.24, 2.45) is 0 Å². The average molecular weight is 361 g/mol. The van der Waals surface area contributed by atoms with Crippen LogP contribution in [-0.2, 0) is 16.0 Å². The molecule has 0 radical (unpaired) electrons. The quantitative estimate of drug-likeness (QED) is 0.560. The molecule has 25 heavy (non-hydrogen) atoms. The first kappa shape index (κ1) is 19.0. The SMILES string of the molecule is CCOC(=O)c1ccccc1NC(=O)CNCCc1ccc(Cl)cc1. The molecule has 0 saturated heterocycles. The molecule has 6 heteroatoms. The van der Waals surface area contributed by atoms with E-state index in [1.54, 1.807) is 31.2 Å². The highest BCUT2D eigenvalue weighted by Gasteiger charge is 2.13. The van der Waals surface area contributed by atoms with Crippen LogP contribution < -0.4 is 10.6 Å². The summed E-state index contributed by atoms with van der Waals surface area (Å²) < 4.78 is 4.99. The number of rotatable bonds is 8. The van der Waals surface area contributed by atoms with E-state index in [0.717, 1.165) is 12.0 Å². The first-order chi connectivity index (χ1) is 12.1. The van der Waals surface area contributed by atoms with E-state index < -0.39 is 5.97 Å². The lowest BCUT2D eigenvalue weighted by atomic mass is 10.1. The number of halogens is 1. The maximum atomic E-state index is 12.1. The van der Waals surface area contributed by atoms with Crippen molar-refractivity contribution in [3.8, 4) is 0 Å². The average Bonchev–Trinajstić information content (AvgIpc) is 2.61. The number of para-hydroxylation sites is 1. The molecule has 0 saturated carbocycles. The van der Waals surface area contributed by atoms with Gasteiger partial charge in [0.15, 0.2) is 0 Å². The fraction of sp³-hybridized carbons (Fsp3) is 0.263. The van der Waals surface area contributed by atoms with Crippen LogP contribution >= 0.6 is 11.6 Å². The van der Waals surface area contributed by atoms with Crippen LogP contribution in [0.15, 0.2) is 48.5 Å². The van der Waals surface area contributed by atoms with Gasteiger partial charge < -0.3 is 15.4 Å². The molecule has 0 heterocycles. The zero-order chi connectivity index (χ0) is 18.1. The normalized spacial score (nSPS) is 10.3. The summed E-state index contributed by atoms with van der Waals surface area (Å²) >= 11 is 5.84. The van der Waals surface area contributed by atoms with E-state index in [9.17, 15) is 9.59 Å². The molecule has 5 nitrogen and oxygen atoms in total. The molecule has 132 valence electrons. The Balaban J connectivity index is 1.80. The molecule has 2 aromatic rings. The first-order valence-corrected chi connectivity index (χ1v) is 8.49. The Morgan fingerprint density at radius 1 is 1.08 bits per heavy atom. The van der Waals surface area contributed by atoms with Gasteiger partial charge in [0.2, 0.25) is 5.91 Å². The lowest BCUT2D eigenvalue weighted by Crippen LogP contribution is -2.30. The second-order valence-electron chi connectivity index (χ2n) is 5.37. The maximum absolute atomic E-state index is 12.1. The molecule has 0 bridgehead atoms. The van der Waals surface area contributed by atoms with Gasteiger partial charge in [-0.1, -0.05) is 35.9 Å². The first-order valence-electron chi connectivity index (χ1n) is 8.11. The van der Waals surface area contributed by atoms with Gasteiger partial charge in [0.25, 0.3) is 0 Å². The summed E-state index contributed by atoms with van der Waals surface area (Å²) in [7, 11) is 0. The van der Waals surface area contributed by atoms with Crippen molar-refractivity contribution in [2.45, 2.75) is 13.3 Å². The van der Waals surface area contributed by atoms with Crippen molar-refractivity contribution < 1.29 is 14.3 Å². The van der Waals surface area contributed by atoms with Gasteiger partial charge in [-0.05, 0) is 49.7 Å². The summed E-state index contributed by atoms with van der Waals surface area (Å²) in [6.07, 6.45) is 0.795. The Morgan fingerprint density at radius 2 is 1.80 bits per heavy atom. The molecule has 1 amide bonds. The molecule has 0 aromatic heterocycles. The highest BCUT2D eigenvalue weighted by molar-refractivity contribution is 6.30. The molecule has 0 fully saturated rings. The van der Waals surface area contributed by atoms with Gasteiger partial charge >= 0.3 is 5.97 Å². The number of benzene rings is 2. The van der Waals surface area contributed by atoms with Crippen molar-refractivity contribution in [1.82, 2.24) is 5.32 Å². The van der Waals surface area contributed by atoms with Gasteiger partial charge in [0, 0.05) is 5.02 Å². The topological polar surface area (TPSA) is 67.4 Å². The molecule has 0 aliphatic carbocycles. The third-order valence-electron chi connectivity index (χ3n) is 3.49. The predicted octanol–water partition coefficient (Wildman–Crippen LogP) is 3.29. The summed E-state index contributed by atoms with van der Waals surface area (Å²) in [4.78, 5) is 23.9. The highest BCUT2D eigenvalue weighted by Crippen LogP contribution is 2.16. The van der Waals surface area contributed by atoms with Gasteiger partial charge in [-0.15, -0.1) is 0 Å². The van der Waals surface area contributed by atoms with Crippen LogP contribution in [0.4, 0.5) is 5.69 Å². The van der Waals surface area contributed by atoms with E-state index in [0.29, 0.717) is 22.8 Å². The molecule has 0 aliphatic heterocycles. The summed E-state index contributed by atoms with van der Waals surface area (Å²) in [6.45, 7) is 2.84. The molecule has 0 spiro atoms. The van der Waals surface area contributed by atoms with Crippen LogP contribution in [0.25, 0.3) is 0 Å². The number of anilines is 1. The van der Waals surface area contributed by atoms with Gasteiger partial charge in [-0.3, -0.25) is 4.79 Å². The molecule has 0 atom stereocenters. The monoisotopic (exact) mass is 360 g/mol. The number of hydrogen-bond donors (Lipinski definition) is 2. The molecule has 2 aromatic carbocycles. The highest BCUT2D eigenvalue weighted by atomic mass is 35.5. The van der Waals surface area contributed by atoms with Crippen LogP contribution in [0.1, 0.15) is 22.8 Å². The van der Waals surface area contributed by atoms with Crippen LogP contribution in [0, 0.1) is 0 Å². The zero-order valence-electron chi connectivity index (χ0n) is 14.0. The fourth-order valence-electron chi connectivity index (χ4n) is 2.26. The zero-order valence-corrected chi connectivity index (χ0v) is 14.8. The lowest BCUT2D eigenvalue weighted by molar-refractivity contribution is -0.115. The van der Waals surface area contributed by atoms with Crippen molar-refractivity contribution in [2.75, 3.05) is 25.0 Å². The van der Waals surface area contributed by atoms with Crippen LogP contribution in [0.5, 0.6) is 0 Å². The minimum Gasteiger partial charge on any atom is -0.462 e. The second-order valence-corrected chi connectivity index (χ2v) is 5.80. The third kappa shape index (κ3) is 6.21. The lowest BCUT2D eigenvalue weighted by Gasteiger charge is -2.11. The standard InChI is InChI=1S/C19H21ClN2O3/c1-2-25-19(24)16-5-3-4-6-17(16)22-18(23)13-21-12-11-14-7-9-15(20)10-8-14/h3-10,21H,2,11-13H2,1H3,(H,22,23). The number of nitrogens with one attached hydrogen (secondary N) is 2. The number of carbonyl (C=O) groups excluding carboxylic acids is 2. The summed E-state index contributed by atoms with van der Waals surface area (Å²) in [5, 5.41) is 6.52. The van der Waals surface area contributed by atoms with Gasteiger partial charge in [-0.25, -0.2) is 4.79 Å². The largest absolute Gasteiger partial charge is 0.462 e. The number of amides is 1. The van der Waals surface area contributed by atoms with E-state index in [4.69, 9.17) is 16.3 Å².